The van der Waals surface area contributed by atoms with Crippen molar-refractivity contribution in [3.63, 3.8) is 0 Å². The largest absolute Gasteiger partial charge is 0.360 e. The van der Waals surface area contributed by atoms with Gasteiger partial charge in [-0.1, -0.05) is 6.07 Å². The van der Waals surface area contributed by atoms with E-state index in [4.69, 9.17) is 5.73 Å². The van der Waals surface area contributed by atoms with Crippen LogP contribution in [0.5, 0.6) is 0 Å². The Labute approximate surface area is 115 Å². The number of fused-ring (bicyclic) bond motifs is 1. The molecule has 0 saturated carbocycles. The van der Waals surface area contributed by atoms with Crippen molar-refractivity contribution >= 4 is 26.8 Å². The summed E-state index contributed by atoms with van der Waals surface area (Å²) in [6.45, 7) is 1.89. The van der Waals surface area contributed by atoms with Crippen molar-refractivity contribution in [2.24, 2.45) is 11.7 Å². The van der Waals surface area contributed by atoms with E-state index in [2.05, 4.69) is 51.1 Å². The molecule has 4 heteroatoms. The number of aromatic nitrogens is 1. The highest BCUT2D eigenvalue weighted by Crippen LogP contribution is 2.35. The maximum atomic E-state index is 5.80. The fourth-order valence-corrected chi connectivity index (χ4v) is 3.42. The summed E-state index contributed by atoms with van der Waals surface area (Å²) in [5.41, 5.74) is 8.37. The lowest BCUT2D eigenvalue weighted by molar-refractivity contribution is 0.314. The molecule has 2 atom stereocenters. The van der Waals surface area contributed by atoms with E-state index in [9.17, 15) is 0 Å². The smallest absolute Gasteiger partial charge is 0.0465 e. The maximum absolute atomic E-state index is 5.80. The molecule has 0 bridgehead atoms. The molecule has 2 aromatic rings. The van der Waals surface area contributed by atoms with Gasteiger partial charge in [-0.15, -0.1) is 0 Å². The minimum Gasteiger partial charge on any atom is -0.360 e. The first-order valence-corrected chi connectivity index (χ1v) is 7.15. The highest BCUT2D eigenvalue weighted by molar-refractivity contribution is 9.10. The predicted molar refractivity (Wildman–Crippen MR) is 78.5 cm³/mol. The van der Waals surface area contributed by atoms with Crippen molar-refractivity contribution in [1.82, 2.24) is 9.88 Å². The van der Waals surface area contributed by atoms with Crippen LogP contribution in [0.1, 0.15) is 18.0 Å². The molecule has 1 saturated heterocycles. The summed E-state index contributed by atoms with van der Waals surface area (Å²) in [5, 5.41) is 1.26. The van der Waals surface area contributed by atoms with Crippen molar-refractivity contribution in [3.05, 3.63) is 34.4 Å². The van der Waals surface area contributed by atoms with Gasteiger partial charge in [0.15, 0.2) is 0 Å². The number of rotatable bonds is 2. The van der Waals surface area contributed by atoms with E-state index in [1.807, 2.05) is 6.20 Å². The molecule has 1 aromatic heterocycles. The van der Waals surface area contributed by atoms with Gasteiger partial charge in [0.05, 0.1) is 0 Å². The van der Waals surface area contributed by atoms with Gasteiger partial charge < -0.3 is 10.7 Å². The van der Waals surface area contributed by atoms with Crippen molar-refractivity contribution in [3.8, 4) is 0 Å². The average Bonchev–Trinajstić information content (AvgIpc) is 2.93. The first-order valence-electron chi connectivity index (χ1n) is 6.36. The summed E-state index contributed by atoms with van der Waals surface area (Å²) in [6, 6.07) is 7.19. The lowest BCUT2D eigenvalue weighted by atomic mass is 9.99. The Morgan fingerprint density at radius 2 is 2.33 bits per heavy atom. The number of hydrogen-bond donors (Lipinski definition) is 2. The summed E-state index contributed by atoms with van der Waals surface area (Å²) in [5.74, 6) is 0.630. The van der Waals surface area contributed by atoms with Gasteiger partial charge in [-0.05, 0) is 59.6 Å². The second-order valence-corrected chi connectivity index (χ2v) is 6.09. The standard InChI is InChI=1S/C14H18BrN3/c1-18-8-9(6-16)4-14(18)10-2-3-13-11(5-10)12(15)7-17-13/h2-3,5,7,9,14,17H,4,6,8,16H2,1H3. The van der Waals surface area contributed by atoms with Crippen molar-refractivity contribution in [1.29, 1.82) is 0 Å². The molecule has 2 heterocycles. The molecule has 0 spiro atoms. The number of hydrogen-bond acceptors (Lipinski definition) is 2. The molecule has 96 valence electrons. The van der Waals surface area contributed by atoms with Crippen LogP contribution < -0.4 is 5.73 Å². The Morgan fingerprint density at radius 1 is 1.50 bits per heavy atom. The van der Waals surface area contributed by atoms with Crippen LogP contribution in [0.2, 0.25) is 0 Å². The Bertz CT molecular complexity index is 563. The molecule has 1 fully saturated rings. The summed E-state index contributed by atoms with van der Waals surface area (Å²) in [7, 11) is 2.19. The lowest BCUT2D eigenvalue weighted by Crippen LogP contribution is -2.20. The topological polar surface area (TPSA) is 45.0 Å². The molecule has 1 aliphatic rings. The second kappa shape index (κ2) is 4.68. The predicted octanol–water partition coefficient (Wildman–Crippen LogP) is 2.88. The zero-order valence-electron chi connectivity index (χ0n) is 10.5. The summed E-state index contributed by atoms with van der Waals surface area (Å²) < 4.78 is 1.13. The number of benzene rings is 1. The Morgan fingerprint density at radius 3 is 3.06 bits per heavy atom. The third kappa shape index (κ3) is 1.98. The molecule has 0 amide bonds. The third-order valence-corrected chi connectivity index (χ3v) is 4.66. The van der Waals surface area contributed by atoms with E-state index in [1.165, 1.54) is 22.9 Å². The number of nitrogens with zero attached hydrogens (tertiary/aromatic N) is 1. The zero-order valence-corrected chi connectivity index (χ0v) is 12.1. The van der Waals surface area contributed by atoms with Gasteiger partial charge in [0.25, 0.3) is 0 Å². The number of aromatic amines is 1. The monoisotopic (exact) mass is 307 g/mol. The van der Waals surface area contributed by atoms with E-state index in [0.29, 0.717) is 12.0 Å². The van der Waals surface area contributed by atoms with Crippen LogP contribution in [0.25, 0.3) is 10.9 Å². The number of halogens is 1. The summed E-state index contributed by atoms with van der Waals surface area (Å²) in [6.07, 6.45) is 3.16. The Hall–Kier alpha value is -0.840. The summed E-state index contributed by atoms with van der Waals surface area (Å²) >= 11 is 3.59. The second-order valence-electron chi connectivity index (χ2n) is 5.23. The van der Waals surface area contributed by atoms with Crippen LogP contribution in [-0.4, -0.2) is 30.0 Å². The minimum absolute atomic E-state index is 0.504. The summed E-state index contributed by atoms with van der Waals surface area (Å²) in [4.78, 5) is 5.67. The SMILES string of the molecule is CN1CC(CN)CC1c1ccc2[nH]cc(Br)c2c1. The number of H-pyrrole nitrogens is 1. The molecule has 1 aliphatic heterocycles. The highest BCUT2D eigenvalue weighted by atomic mass is 79.9. The first kappa shape index (κ1) is 12.2. The maximum Gasteiger partial charge on any atom is 0.0465 e. The van der Waals surface area contributed by atoms with Crippen LogP contribution in [-0.2, 0) is 0 Å². The molecule has 0 radical (unpaired) electrons. The van der Waals surface area contributed by atoms with Gasteiger partial charge in [-0.25, -0.2) is 0 Å². The van der Waals surface area contributed by atoms with E-state index in [-0.39, 0.29) is 0 Å². The third-order valence-electron chi connectivity index (χ3n) is 4.01. The molecule has 3 N–H and O–H groups in total. The van der Waals surface area contributed by atoms with Crippen molar-refractivity contribution in [2.75, 3.05) is 20.1 Å². The van der Waals surface area contributed by atoms with Crippen molar-refractivity contribution < 1.29 is 0 Å². The highest BCUT2D eigenvalue weighted by Gasteiger charge is 2.29. The number of nitrogens with one attached hydrogen (secondary N) is 1. The van der Waals surface area contributed by atoms with E-state index >= 15 is 0 Å². The van der Waals surface area contributed by atoms with E-state index in [0.717, 1.165) is 17.6 Å². The van der Waals surface area contributed by atoms with Gasteiger partial charge in [0.1, 0.15) is 0 Å². The molecule has 0 aliphatic carbocycles. The molecule has 18 heavy (non-hydrogen) atoms. The van der Waals surface area contributed by atoms with Gasteiger partial charge >= 0.3 is 0 Å². The van der Waals surface area contributed by atoms with E-state index in [1.54, 1.807) is 0 Å². The Balaban J connectivity index is 1.96. The van der Waals surface area contributed by atoms with Gasteiger partial charge in [0.2, 0.25) is 0 Å². The number of likely N-dealkylation sites (tertiary alicyclic amines) is 1. The molecular weight excluding hydrogens is 290 g/mol. The van der Waals surface area contributed by atoms with Crippen LogP contribution in [0.4, 0.5) is 0 Å². The number of nitrogens with two attached hydrogens (primary N) is 1. The fourth-order valence-electron chi connectivity index (χ4n) is 2.98. The van der Waals surface area contributed by atoms with Crippen LogP contribution >= 0.6 is 15.9 Å². The Kier molecular flexibility index (Phi) is 3.18. The van der Waals surface area contributed by atoms with E-state index < -0.39 is 0 Å². The van der Waals surface area contributed by atoms with Gasteiger partial charge in [-0.2, -0.15) is 0 Å². The quantitative estimate of drug-likeness (QED) is 0.896. The van der Waals surface area contributed by atoms with Crippen LogP contribution in [0.3, 0.4) is 0 Å². The minimum atomic E-state index is 0.504. The zero-order chi connectivity index (χ0) is 12.7. The van der Waals surface area contributed by atoms with Crippen molar-refractivity contribution in [2.45, 2.75) is 12.5 Å². The van der Waals surface area contributed by atoms with Crippen LogP contribution in [0, 0.1) is 5.92 Å². The molecule has 1 aromatic carbocycles. The normalized spacial score (nSPS) is 25.1. The van der Waals surface area contributed by atoms with Gasteiger partial charge in [0, 0.05) is 34.2 Å². The van der Waals surface area contributed by atoms with Gasteiger partial charge in [-0.3, -0.25) is 4.90 Å². The molecular formula is C14H18BrN3. The molecule has 3 rings (SSSR count). The average molecular weight is 308 g/mol. The van der Waals surface area contributed by atoms with Crippen LogP contribution in [0.15, 0.2) is 28.9 Å². The fraction of sp³-hybridized carbons (Fsp3) is 0.429. The first-order chi connectivity index (χ1) is 8.69. The molecule has 2 unspecified atom stereocenters. The lowest BCUT2D eigenvalue weighted by Gasteiger charge is -2.19. The molecule has 3 nitrogen and oxygen atoms in total.